The summed E-state index contributed by atoms with van der Waals surface area (Å²) >= 11 is 0. The second kappa shape index (κ2) is 8.30. The molecule has 1 aliphatic rings. The SMILES string of the molecule is CCNCC1CCN(C(=O)C(C)C(N)c2ccccc2)CC1. The Morgan fingerprint density at radius 1 is 1.32 bits per heavy atom. The van der Waals surface area contributed by atoms with Gasteiger partial charge in [-0.25, -0.2) is 0 Å². The lowest BCUT2D eigenvalue weighted by molar-refractivity contribution is -0.137. The lowest BCUT2D eigenvalue weighted by Crippen LogP contribution is -2.45. The van der Waals surface area contributed by atoms with Crippen molar-refractivity contribution in [1.82, 2.24) is 10.2 Å². The number of piperidine rings is 1. The van der Waals surface area contributed by atoms with Crippen molar-refractivity contribution in [3.63, 3.8) is 0 Å². The van der Waals surface area contributed by atoms with Crippen molar-refractivity contribution in [1.29, 1.82) is 0 Å². The maximum absolute atomic E-state index is 12.7. The van der Waals surface area contributed by atoms with E-state index >= 15 is 0 Å². The predicted molar refractivity (Wildman–Crippen MR) is 90.4 cm³/mol. The molecule has 2 rings (SSSR count). The average molecular weight is 303 g/mol. The first-order valence-electron chi connectivity index (χ1n) is 8.43. The summed E-state index contributed by atoms with van der Waals surface area (Å²) in [6, 6.07) is 9.68. The highest BCUT2D eigenvalue weighted by Crippen LogP contribution is 2.24. The van der Waals surface area contributed by atoms with Gasteiger partial charge < -0.3 is 16.0 Å². The van der Waals surface area contributed by atoms with Crippen LogP contribution in [0.1, 0.15) is 38.3 Å². The van der Waals surface area contributed by atoms with E-state index in [0.29, 0.717) is 5.92 Å². The molecule has 122 valence electrons. The van der Waals surface area contributed by atoms with Crippen LogP contribution in [0.25, 0.3) is 0 Å². The molecule has 0 bridgehead atoms. The molecule has 0 spiro atoms. The number of nitrogens with two attached hydrogens (primary N) is 1. The van der Waals surface area contributed by atoms with Crippen molar-refractivity contribution in [3.8, 4) is 0 Å². The zero-order chi connectivity index (χ0) is 15.9. The first kappa shape index (κ1) is 17.0. The Hall–Kier alpha value is -1.39. The van der Waals surface area contributed by atoms with Gasteiger partial charge in [0.15, 0.2) is 0 Å². The first-order chi connectivity index (χ1) is 10.6. The van der Waals surface area contributed by atoms with Crippen LogP contribution in [-0.2, 0) is 4.79 Å². The highest BCUT2D eigenvalue weighted by atomic mass is 16.2. The van der Waals surface area contributed by atoms with Crippen molar-refractivity contribution in [2.45, 2.75) is 32.7 Å². The van der Waals surface area contributed by atoms with Crippen LogP contribution in [0.2, 0.25) is 0 Å². The van der Waals surface area contributed by atoms with E-state index in [1.165, 1.54) is 0 Å². The lowest BCUT2D eigenvalue weighted by atomic mass is 9.91. The summed E-state index contributed by atoms with van der Waals surface area (Å²) in [5.74, 6) is 0.716. The van der Waals surface area contributed by atoms with E-state index in [1.807, 2.05) is 42.2 Å². The molecule has 0 aliphatic carbocycles. The number of amides is 1. The number of likely N-dealkylation sites (tertiary alicyclic amines) is 1. The lowest BCUT2D eigenvalue weighted by Gasteiger charge is -2.35. The van der Waals surface area contributed by atoms with Gasteiger partial charge in [-0.15, -0.1) is 0 Å². The van der Waals surface area contributed by atoms with Crippen LogP contribution in [0.15, 0.2) is 30.3 Å². The van der Waals surface area contributed by atoms with Crippen LogP contribution in [0.5, 0.6) is 0 Å². The van der Waals surface area contributed by atoms with Crippen LogP contribution in [0.4, 0.5) is 0 Å². The minimum atomic E-state index is -0.229. The average Bonchev–Trinajstić information content (AvgIpc) is 2.59. The monoisotopic (exact) mass is 303 g/mol. The Morgan fingerprint density at radius 3 is 2.55 bits per heavy atom. The molecule has 4 heteroatoms. The van der Waals surface area contributed by atoms with Gasteiger partial charge in [-0.2, -0.15) is 0 Å². The fourth-order valence-electron chi connectivity index (χ4n) is 3.11. The predicted octanol–water partition coefficient (Wildman–Crippen LogP) is 2.17. The van der Waals surface area contributed by atoms with E-state index < -0.39 is 0 Å². The molecule has 2 unspecified atom stereocenters. The third kappa shape index (κ3) is 4.31. The van der Waals surface area contributed by atoms with Crippen LogP contribution in [0.3, 0.4) is 0 Å². The zero-order valence-corrected chi connectivity index (χ0v) is 13.8. The summed E-state index contributed by atoms with van der Waals surface area (Å²) in [7, 11) is 0. The highest BCUT2D eigenvalue weighted by Gasteiger charge is 2.29. The second-order valence-electron chi connectivity index (χ2n) is 6.30. The van der Waals surface area contributed by atoms with E-state index in [2.05, 4.69) is 12.2 Å². The molecule has 0 saturated carbocycles. The zero-order valence-electron chi connectivity index (χ0n) is 13.8. The van der Waals surface area contributed by atoms with Crippen molar-refractivity contribution in [2.24, 2.45) is 17.6 Å². The minimum Gasteiger partial charge on any atom is -0.342 e. The van der Waals surface area contributed by atoms with Crippen molar-refractivity contribution >= 4 is 5.91 Å². The molecule has 0 radical (unpaired) electrons. The Kier molecular flexibility index (Phi) is 6.40. The molecular weight excluding hydrogens is 274 g/mol. The summed E-state index contributed by atoms with van der Waals surface area (Å²) in [5, 5.41) is 3.40. The van der Waals surface area contributed by atoms with Gasteiger partial charge in [0.2, 0.25) is 5.91 Å². The van der Waals surface area contributed by atoms with Gasteiger partial charge in [0.25, 0.3) is 0 Å². The smallest absolute Gasteiger partial charge is 0.227 e. The maximum atomic E-state index is 12.7. The molecule has 1 aliphatic heterocycles. The molecule has 2 atom stereocenters. The van der Waals surface area contributed by atoms with Gasteiger partial charge in [-0.3, -0.25) is 4.79 Å². The van der Waals surface area contributed by atoms with Crippen molar-refractivity contribution in [3.05, 3.63) is 35.9 Å². The number of nitrogens with zero attached hydrogens (tertiary/aromatic N) is 1. The Labute approximate surface area is 134 Å². The molecule has 22 heavy (non-hydrogen) atoms. The largest absolute Gasteiger partial charge is 0.342 e. The van der Waals surface area contributed by atoms with E-state index in [9.17, 15) is 4.79 Å². The van der Waals surface area contributed by atoms with E-state index in [0.717, 1.165) is 44.6 Å². The number of carbonyl (C=O) groups excluding carboxylic acids is 1. The fourth-order valence-corrected chi connectivity index (χ4v) is 3.11. The fraction of sp³-hybridized carbons (Fsp3) is 0.611. The molecule has 1 aromatic carbocycles. The Bertz CT molecular complexity index is 455. The molecular formula is C18H29N3O. The summed E-state index contributed by atoms with van der Waals surface area (Å²) in [5.41, 5.74) is 7.31. The molecule has 4 nitrogen and oxygen atoms in total. The molecule has 3 N–H and O–H groups in total. The summed E-state index contributed by atoms with van der Waals surface area (Å²) in [6.07, 6.45) is 2.18. The molecule has 0 aromatic heterocycles. The third-order valence-corrected chi connectivity index (χ3v) is 4.72. The summed E-state index contributed by atoms with van der Waals surface area (Å²) < 4.78 is 0. The van der Waals surface area contributed by atoms with E-state index in [-0.39, 0.29) is 17.9 Å². The highest BCUT2D eigenvalue weighted by molar-refractivity contribution is 5.79. The minimum absolute atomic E-state index is 0.173. The van der Waals surface area contributed by atoms with Gasteiger partial charge in [0.05, 0.1) is 5.92 Å². The molecule has 1 heterocycles. The van der Waals surface area contributed by atoms with Gasteiger partial charge in [0.1, 0.15) is 0 Å². The molecule has 1 aromatic rings. The number of benzene rings is 1. The van der Waals surface area contributed by atoms with Crippen LogP contribution >= 0.6 is 0 Å². The Balaban J connectivity index is 1.86. The van der Waals surface area contributed by atoms with Gasteiger partial charge in [-0.05, 0) is 37.4 Å². The van der Waals surface area contributed by atoms with E-state index in [1.54, 1.807) is 0 Å². The normalized spacial score (nSPS) is 19.0. The summed E-state index contributed by atoms with van der Waals surface area (Å²) in [4.78, 5) is 14.7. The molecule has 1 fully saturated rings. The van der Waals surface area contributed by atoms with Crippen LogP contribution in [-0.4, -0.2) is 37.0 Å². The number of nitrogens with one attached hydrogen (secondary N) is 1. The third-order valence-electron chi connectivity index (χ3n) is 4.72. The van der Waals surface area contributed by atoms with Crippen LogP contribution in [0, 0.1) is 11.8 Å². The van der Waals surface area contributed by atoms with Gasteiger partial charge in [-0.1, -0.05) is 44.2 Å². The van der Waals surface area contributed by atoms with Gasteiger partial charge >= 0.3 is 0 Å². The van der Waals surface area contributed by atoms with Crippen molar-refractivity contribution < 1.29 is 4.79 Å². The van der Waals surface area contributed by atoms with Crippen LogP contribution < -0.4 is 11.1 Å². The van der Waals surface area contributed by atoms with Crippen molar-refractivity contribution in [2.75, 3.05) is 26.2 Å². The number of hydrogen-bond acceptors (Lipinski definition) is 3. The van der Waals surface area contributed by atoms with E-state index in [4.69, 9.17) is 5.73 Å². The molecule has 1 saturated heterocycles. The summed E-state index contributed by atoms with van der Waals surface area (Å²) in [6.45, 7) is 7.89. The number of carbonyl (C=O) groups is 1. The topological polar surface area (TPSA) is 58.4 Å². The Morgan fingerprint density at radius 2 is 1.95 bits per heavy atom. The first-order valence-corrected chi connectivity index (χ1v) is 8.43. The molecule has 1 amide bonds. The quantitative estimate of drug-likeness (QED) is 0.847. The number of rotatable bonds is 6. The second-order valence-corrected chi connectivity index (χ2v) is 6.30. The maximum Gasteiger partial charge on any atom is 0.227 e. The standard InChI is InChI=1S/C18H29N3O/c1-3-20-13-15-9-11-21(12-10-15)18(22)14(2)17(19)16-7-5-4-6-8-16/h4-8,14-15,17,20H,3,9-13,19H2,1-2H3. The van der Waals surface area contributed by atoms with Gasteiger partial charge in [0, 0.05) is 19.1 Å². The number of hydrogen-bond donors (Lipinski definition) is 2.